The third-order valence-corrected chi connectivity index (χ3v) is 3.40. The molecule has 2 rings (SSSR count). The van der Waals surface area contributed by atoms with E-state index in [2.05, 4.69) is 16.8 Å². The Hall–Kier alpha value is -0.830. The molecule has 0 bridgehead atoms. The molecule has 1 N–H and O–H groups in total. The van der Waals surface area contributed by atoms with E-state index in [1.54, 1.807) is 11.3 Å². The van der Waals surface area contributed by atoms with Crippen molar-refractivity contribution in [1.82, 2.24) is 5.32 Å². The summed E-state index contributed by atoms with van der Waals surface area (Å²) in [6, 6.07) is 4.11. The van der Waals surface area contributed by atoms with Crippen LogP contribution >= 0.6 is 11.3 Å². The Morgan fingerprint density at radius 3 is 3.07 bits per heavy atom. The van der Waals surface area contributed by atoms with Crippen molar-refractivity contribution in [2.24, 2.45) is 5.92 Å². The maximum atomic E-state index is 11.4. The Kier molecular flexibility index (Phi) is 3.19. The maximum absolute atomic E-state index is 11.4. The van der Waals surface area contributed by atoms with Crippen molar-refractivity contribution in [1.29, 1.82) is 0 Å². The monoisotopic (exact) mass is 209 g/mol. The summed E-state index contributed by atoms with van der Waals surface area (Å²) in [5.41, 5.74) is 0. The van der Waals surface area contributed by atoms with Gasteiger partial charge in [-0.25, -0.2) is 0 Å². The molecule has 14 heavy (non-hydrogen) atoms. The predicted octanol–water partition coefficient (Wildman–Crippen LogP) is 2.21. The van der Waals surface area contributed by atoms with Crippen molar-refractivity contribution >= 4 is 17.2 Å². The van der Waals surface area contributed by atoms with E-state index in [1.807, 2.05) is 6.07 Å². The minimum absolute atomic E-state index is 0.199. The average Bonchev–Trinajstić information content (AvgIpc) is 2.87. The van der Waals surface area contributed by atoms with Crippen LogP contribution in [0.5, 0.6) is 0 Å². The lowest BCUT2D eigenvalue weighted by atomic mass is 10.2. The first-order valence-corrected chi connectivity index (χ1v) is 6.01. The molecule has 1 saturated carbocycles. The third-order valence-electron chi connectivity index (χ3n) is 2.46. The number of thiophene rings is 1. The Bertz CT molecular complexity index is 290. The van der Waals surface area contributed by atoms with Crippen LogP contribution < -0.4 is 5.32 Å². The number of carbonyl (C=O) groups excluding carboxylic acids is 1. The summed E-state index contributed by atoms with van der Waals surface area (Å²) in [4.78, 5) is 12.7. The van der Waals surface area contributed by atoms with E-state index in [0.717, 1.165) is 18.9 Å². The molecule has 3 heteroatoms. The highest BCUT2D eigenvalue weighted by molar-refractivity contribution is 7.09. The lowest BCUT2D eigenvalue weighted by molar-refractivity contribution is -0.121. The molecule has 2 nitrogen and oxygen atoms in total. The molecule has 0 saturated heterocycles. The second-order valence-corrected chi connectivity index (χ2v) is 4.86. The van der Waals surface area contributed by atoms with Crippen LogP contribution in [-0.2, 0) is 11.2 Å². The van der Waals surface area contributed by atoms with Gasteiger partial charge in [0.15, 0.2) is 0 Å². The van der Waals surface area contributed by atoms with Crippen molar-refractivity contribution < 1.29 is 4.79 Å². The van der Waals surface area contributed by atoms with E-state index in [9.17, 15) is 4.79 Å². The van der Waals surface area contributed by atoms with E-state index in [-0.39, 0.29) is 5.91 Å². The summed E-state index contributed by atoms with van der Waals surface area (Å²) in [5.74, 6) is 0.978. The van der Waals surface area contributed by atoms with E-state index in [4.69, 9.17) is 0 Å². The van der Waals surface area contributed by atoms with Gasteiger partial charge in [0, 0.05) is 17.8 Å². The van der Waals surface area contributed by atoms with Gasteiger partial charge in [0.2, 0.25) is 5.91 Å². The highest BCUT2D eigenvalue weighted by atomic mass is 32.1. The van der Waals surface area contributed by atoms with E-state index >= 15 is 0 Å². The van der Waals surface area contributed by atoms with Gasteiger partial charge in [-0.15, -0.1) is 11.3 Å². The van der Waals surface area contributed by atoms with E-state index in [0.29, 0.717) is 6.42 Å². The molecule has 76 valence electrons. The fourth-order valence-corrected chi connectivity index (χ4v) is 2.07. The summed E-state index contributed by atoms with van der Waals surface area (Å²) in [7, 11) is 0. The molecule has 1 aromatic rings. The highest BCUT2D eigenvalue weighted by Crippen LogP contribution is 2.27. The molecule has 1 aliphatic carbocycles. The van der Waals surface area contributed by atoms with Crippen LogP contribution in [0.15, 0.2) is 17.5 Å². The quantitative estimate of drug-likeness (QED) is 0.791. The van der Waals surface area contributed by atoms with Gasteiger partial charge in [-0.1, -0.05) is 6.07 Å². The topological polar surface area (TPSA) is 29.1 Å². The molecule has 1 aromatic heterocycles. The Morgan fingerprint density at radius 1 is 1.57 bits per heavy atom. The number of hydrogen-bond donors (Lipinski definition) is 1. The molecule has 0 aromatic carbocycles. The van der Waals surface area contributed by atoms with Gasteiger partial charge in [0.05, 0.1) is 0 Å². The van der Waals surface area contributed by atoms with Gasteiger partial charge in [-0.05, 0) is 36.6 Å². The minimum atomic E-state index is 0.199. The number of nitrogens with one attached hydrogen (secondary N) is 1. The SMILES string of the molecule is O=C(CCc1cccs1)NCC1CC1. The van der Waals surface area contributed by atoms with E-state index < -0.39 is 0 Å². The summed E-state index contributed by atoms with van der Waals surface area (Å²) < 4.78 is 0. The van der Waals surface area contributed by atoms with Gasteiger partial charge in [-0.3, -0.25) is 4.79 Å². The molecule has 0 radical (unpaired) electrons. The summed E-state index contributed by atoms with van der Waals surface area (Å²) in [5, 5.41) is 5.03. The van der Waals surface area contributed by atoms with E-state index in [1.165, 1.54) is 17.7 Å². The van der Waals surface area contributed by atoms with Crippen molar-refractivity contribution in [3.05, 3.63) is 22.4 Å². The van der Waals surface area contributed by atoms with Gasteiger partial charge in [0.1, 0.15) is 0 Å². The number of carbonyl (C=O) groups is 1. The fourth-order valence-electron chi connectivity index (χ4n) is 1.36. The van der Waals surface area contributed by atoms with Gasteiger partial charge >= 0.3 is 0 Å². The Morgan fingerprint density at radius 2 is 2.43 bits per heavy atom. The van der Waals surface area contributed by atoms with Gasteiger partial charge < -0.3 is 5.32 Å². The van der Waals surface area contributed by atoms with Crippen molar-refractivity contribution in [3.8, 4) is 0 Å². The maximum Gasteiger partial charge on any atom is 0.220 e. The lowest BCUT2D eigenvalue weighted by Gasteiger charge is -2.02. The van der Waals surface area contributed by atoms with Crippen LogP contribution in [0.2, 0.25) is 0 Å². The summed E-state index contributed by atoms with van der Waals surface area (Å²) in [6.45, 7) is 0.892. The smallest absolute Gasteiger partial charge is 0.220 e. The van der Waals surface area contributed by atoms with Crippen molar-refractivity contribution in [3.63, 3.8) is 0 Å². The van der Waals surface area contributed by atoms with Crippen LogP contribution in [-0.4, -0.2) is 12.5 Å². The molecule has 1 aliphatic rings. The zero-order valence-electron chi connectivity index (χ0n) is 8.16. The van der Waals surface area contributed by atoms with Crippen LogP contribution in [0.1, 0.15) is 24.1 Å². The number of amides is 1. The first-order chi connectivity index (χ1) is 6.84. The molecular formula is C11H15NOS. The summed E-state index contributed by atoms with van der Waals surface area (Å²) in [6.07, 6.45) is 4.11. The van der Waals surface area contributed by atoms with Crippen LogP contribution in [0, 0.1) is 5.92 Å². The second kappa shape index (κ2) is 4.60. The zero-order chi connectivity index (χ0) is 9.80. The molecule has 0 atom stereocenters. The van der Waals surface area contributed by atoms with Crippen molar-refractivity contribution in [2.45, 2.75) is 25.7 Å². The fraction of sp³-hybridized carbons (Fsp3) is 0.545. The first-order valence-electron chi connectivity index (χ1n) is 5.13. The molecule has 0 unspecified atom stereocenters. The Balaban J connectivity index is 1.62. The first kappa shape index (κ1) is 9.71. The number of hydrogen-bond acceptors (Lipinski definition) is 2. The molecular weight excluding hydrogens is 194 g/mol. The second-order valence-electron chi connectivity index (χ2n) is 3.83. The number of rotatable bonds is 5. The summed E-state index contributed by atoms with van der Waals surface area (Å²) >= 11 is 1.72. The van der Waals surface area contributed by atoms with Gasteiger partial charge in [-0.2, -0.15) is 0 Å². The normalized spacial score (nSPS) is 15.4. The average molecular weight is 209 g/mol. The van der Waals surface area contributed by atoms with Crippen molar-refractivity contribution in [2.75, 3.05) is 6.54 Å². The van der Waals surface area contributed by atoms with Gasteiger partial charge in [0.25, 0.3) is 0 Å². The Labute approximate surface area is 88.3 Å². The van der Waals surface area contributed by atoms with Crippen LogP contribution in [0.3, 0.4) is 0 Å². The molecule has 0 aliphatic heterocycles. The molecule has 0 spiro atoms. The number of aryl methyl sites for hydroxylation is 1. The lowest BCUT2D eigenvalue weighted by Crippen LogP contribution is -2.25. The molecule has 1 amide bonds. The molecule has 1 fully saturated rings. The molecule has 1 heterocycles. The largest absolute Gasteiger partial charge is 0.356 e. The predicted molar refractivity (Wildman–Crippen MR) is 58.4 cm³/mol. The standard InChI is InChI=1S/C11H15NOS/c13-11(12-8-9-3-4-9)6-5-10-2-1-7-14-10/h1-2,7,9H,3-6,8H2,(H,12,13). The highest BCUT2D eigenvalue weighted by Gasteiger charge is 2.21. The van der Waals surface area contributed by atoms with Crippen LogP contribution in [0.25, 0.3) is 0 Å². The third kappa shape index (κ3) is 3.14. The minimum Gasteiger partial charge on any atom is -0.356 e. The van der Waals surface area contributed by atoms with Crippen LogP contribution in [0.4, 0.5) is 0 Å². The zero-order valence-corrected chi connectivity index (χ0v) is 8.98.